The lowest BCUT2D eigenvalue weighted by molar-refractivity contribution is -0.139. The molecule has 1 aromatic carbocycles. The van der Waals surface area contributed by atoms with Crippen LogP contribution < -0.4 is 19.5 Å². The maximum Gasteiger partial charge on any atom is 0.325 e. The van der Waals surface area contributed by atoms with Gasteiger partial charge in [-0.25, -0.2) is 0 Å². The van der Waals surface area contributed by atoms with Crippen LogP contribution in [0.15, 0.2) is 12.1 Å². The van der Waals surface area contributed by atoms with Crippen LogP contribution in [0.1, 0.15) is 25.5 Å². The molecule has 21 heavy (non-hydrogen) atoms. The molecule has 0 aliphatic rings. The molecule has 6 heteroatoms. The minimum Gasteiger partial charge on any atom is -0.496 e. The van der Waals surface area contributed by atoms with Crippen LogP contribution in [-0.2, 0) is 4.79 Å². The van der Waals surface area contributed by atoms with Gasteiger partial charge in [0.2, 0.25) is 0 Å². The van der Waals surface area contributed by atoms with Crippen LogP contribution in [0, 0.1) is 5.92 Å². The number of methoxy groups -OCH3 is 3. The van der Waals surface area contributed by atoms with Gasteiger partial charge in [-0.3, -0.25) is 4.79 Å². The monoisotopic (exact) mass is 297 g/mol. The van der Waals surface area contributed by atoms with E-state index in [0.29, 0.717) is 35.3 Å². The fourth-order valence-electron chi connectivity index (χ4n) is 1.98. The standard InChI is InChI=1S/C15H23NO5/c1-9(2)8-16-14(15(17)18)13-11(20-4)6-10(19-3)7-12(13)21-5/h6-7,9,14,16H,8H2,1-5H3,(H,17,18). The molecule has 0 saturated heterocycles. The van der Waals surface area contributed by atoms with Crippen LogP contribution in [0.3, 0.4) is 0 Å². The highest BCUT2D eigenvalue weighted by molar-refractivity contribution is 5.78. The highest BCUT2D eigenvalue weighted by Crippen LogP contribution is 2.38. The number of nitrogens with one attached hydrogen (secondary N) is 1. The van der Waals surface area contributed by atoms with Gasteiger partial charge in [-0.1, -0.05) is 13.8 Å². The summed E-state index contributed by atoms with van der Waals surface area (Å²) in [6, 6.07) is 2.37. The average Bonchev–Trinajstić information content (AvgIpc) is 2.46. The number of benzene rings is 1. The quantitative estimate of drug-likeness (QED) is 0.765. The normalized spacial score (nSPS) is 12.1. The van der Waals surface area contributed by atoms with Crippen LogP contribution in [0.4, 0.5) is 0 Å². The van der Waals surface area contributed by atoms with Crippen molar-refractivity contribution in [3.05, 3.63) is 17.7 Å². The van der Waals surface area contributed by atoms with Crippen molar-refractivity contribution in [2.24, 2.45) is 5.92 Å². The van der Waals surface area contributed by atoms with E-state index in [4.69, 9.17) is 14.2 Å². The summed E-state index contributed by atoms with van der Waals surface area (Å²) in [5.74, 6) is 0.699. The van der Waals surface area contributed by atoms with E-state index >= 15 is 0 Å². The van der Waals surface area contributed by atoms with E-state index in [0.717, 1.165) is 0 Å². The molecule has 0 amide bonds. The summed E-state index contributed by atoms with van der Waals surface area (Å²) < 4.78 is 15.8. The Morgan fingerprint density at radius 1 is 1.14 bits per heavy atom. The van der Waals surface area contributed by atoms with Gasteiger partial charge in [0, 0.05) is 12.1 Å². The third-order valence-corrected chi connectivity index (χ3v) is 3.02. The van der Waals surface area contributed by atoms with Gasteiger partial charge in [0.05, 0.1) is 26.9 Å². The molecule has 1 atom stereocenters. The van der Waals surface area contributed by atoms with Crippen LogP contribution in [0.2, 0.25) is 0 Å². The van der Waals surface area contributed by atoms with Crippen molar-refractivity contribution >= 4 is 5.97 Å². The molecule has 1 unspecified atom stereocenters. The second-order valence-corrected chi connectivity index (χ2v) is 5.02. The predicted octanol–water partition coefficient (Wildman–Crippen LogP) is 2.08. The fourth-order valence-corrected chi connectivity index (χ4v) is 1.98. The minimum atomic E-state index is -0.989. The van der Waals surface area contributed by atoms with Gasteiger partial charge in [-0.05, 0) is 12.5 Å². The molecule has 2 N–H and O–H groups in total. The Hall–Kier alpha value is -1.95. The SMILES string of the molecule is COc1cc(OC)c(C(NCC(C)C)C(=O)O)c(OC)c1. The van der Waals surface area contributed by atoms with E-state index in [1.54, 1.807) is 12.1 Å². The first-order valence-electron chi connectivity index (χ1n) is 6.70. The molecule has 0 saturated carbocycles. The largest absolute Gasteiger partial charge is 0.496 e. The molecule has 0 radical (unpaired) electrons. The van der Waals surface area contributed by atoms with E-state index in [1.165, 1.54) is 21.3 Å². The van der Waals surface area contributed by atoms with Crippen LogP contribution >= 0.6 is 0 Å². The van der Waals surface area contributed by atoms with E-state index in [9.17, 15) is 9.90 Å². The maximum absolute atomic E-state index is 11.6. The molecule has 6 nitrogen and oxygen atoms in total. The van der Waals surface area contributed by atoms with Crippen molar-refractivity contribution in [1.29, 1.82) is 0 Å². The zero-order valence-corrected chi connectivity index (χ0v) is 13.1. The number of aliphatic carboxylic acids is 1. The molecule has 1 rings (SSSR count). The lowest BCUT2D eigenvalue weighted by Crippen LogP contribution is -2.32. The number of carboxylic acid groups (broad SMARTS) is 1. The summed E-state index contributed by atoms with van der Waals surface area (Å²) in [6.45, 7) is 4.58. The number of carboxylic acids is 1. The fraction of sp³-hybridized carbons (Fsp3) is 0.533. The van der Waals surface area contributed by atoms with Crippen LogP contribution in [-0.4, -0.2) is 38.9 Å². The van der Waals surface area contributed by atoms with Crippen molar-refractivity contribution in [2.45, 2.75) is 19.9 Å². The van der Waals surface area contributed by atoms with E-state index in [2.05, 4.69) is 5.32 Å². The van der Waals surface area contributed by atoms with Crippen molar-refractivity contribution in [2.75, 3.05) is 27.9 Å². The van der Waals surface area contributed by atoms with E-state index < -0.39 is 12.0 Å². The first-order chi connectivity index (χ1) is 9.94. The third-order valence-electron chi connectivity index (χ3n) is 3.02. The van der Waals surface area contributed by atoms with Crippen molar-refractivity contribution in [1.82, 2.24) is 5.32 Å². The second-order valence-electron chi connectivity index (χ2n) is 5.02. The Morgan fingerprint density at radius 3 is 2.00 bits per heavy atom. The molecule has 0 spiro atoms. The molecule has 0 aromatic heterocycles. The molecule has 1 aromatic rings. The summed E-state index contributed by atoms with van der Waals surface area (Å²) in [7, 11) is 4.50. The summed E-state index contributed by atoms with van der Waals surface area (Å²) in [6.07, 6.45) is 0. The smallest absolute Gasteiger partial charge is 0.325 e. The van der Waals surface area contributed by atoms with Gasteiger partial charge < -0.3 is 24.6 Å². The zero-order chi connectivity index (χ0) is 16.0. The van der Waals surface area contributed by atoms with Crippen LogP contribution in [0.25, 0.3) is 0 Å². The topological polar surface area (TPSA) is 77.0 Å². The molecule has 0 fully saturated rings. The second kappa shape index (κ2) is 7.73. The first-order valence-corrected chi connectivity index (χ1v) is 6.70. The Bertz CT molecular complexity index is 462. The lowest BCUT2D eigenvalue weighted by atomic mass is 10.0. The van der Waals surface area contributed by atoms with Crippen molar-refractivity contribution in [3.8, 4) is 17.2 Å². The van der Waals surface area contributed by atoms with Crippen LogP contribution in [0.5, 0.6) is 17.2 Å². The van der Waals surface area contributed by atoms with Gasteiger partial charge in [0.15, 0.2) is 0 Å². The lowest BCUT2D eigenvalue weighted by Gasteiger charge is -2.22. The number of rotatable bonds is 8. The Kier molecular flexibility index (Phi) is 6.30. The molecule has 0 heterocycles. The Labute approximate surface area is 125 Å². The summed E-state index contributed by atoms with van der Waals surface area (Å²) in [5, 5.41) is 12.5. The summed E-state index contributed by atoms with van der Waals surface area (Å²) in [4.78, 5) is 11.6. The maximum atomic E-state index is 11.6. The number of carbonyl (C=O) groups is 1. The number of ether oxygens (including phenoxy) is 3. The summed E-state index contributed by atoms with van der Waals surface area (Å²) >= 11 is 0. The molecule has 118 valence electrons. The van der Waals surface area contributed by atoms with E-state index in [1.807, 2.05) is 13.8 Å². The Morgan fingerprint density at radius 2 is 1.67 bits per heavy atom. The first kappa shape index (κ1) is 17.1. The summed E-state index contributed by atoms with van der Waals surface area (Å²) in [5.41, 5.74) is 0.453. The van der Waals surface area contributed by atoms with Gasteiger partial charge in [-0.2, -0.15) is 0 Å². The third kappa shape index (κ3) is 4.26. The minimum absolute atomic E-state index is 0.321. The zero-order valence-electron chi connectivity index (χ0n) is 13.1. The molecular weight excluding hydrogens is 274 g/mol. The number of hydrogen-bond donors (Lipinski definition) is 2. The highest BCUT2D eigenvalue weighted by atomic mass is 16.5. The van der Waals surface area contributed by atoms with Crippen molar-refractivity contribution in [3.63, 3.8) is 0 Å². The molecular formula is C15H23NO5. The average molecular weight is 297 g/mol. The predicted molar refractivity (Wildman–Crippen MR) is 79.3 cm³/mol. The number of hydrogen-bond acceptors (Lipinski definition) is 5. The Balaban J connectivity index is 3.30. The molecule has 0 bridgehead atoms. The van der Waals surface area contributed by atoms with Gasteiger partial charge in [-0.15, -0.1) is 0 Å². The van der Waals surface area contributed by atoms with Gasteiger partial charge in [0.1, 0.15) is 23.3 Å². The highest BCUT2D eigenvalue weighted by Gasteiger charge is 2.28. The van der Waals surface area contributed by atoms with E-state index in [-0.39, 0.29) is 0 Å². The van der Waals surface area contributed by atoms with Gasteiger partial charge in [0.25, 0.3) is 0 Å². The molecule has 0 aliphatic carbocycles. The molecule has 0 aliphatic heterocycles. The van der Waals surface area contributed by atoms with Gasteiger partial charge >= 0.3 is 5.97 Å². The van der Waals surface area contributed by atoms with Crippen molar-refractivity contribution < 1.29 is 24.1 Å².